The summed E-state index contributed by atoms with van der Waals surface area (Å²) in [6.07, 6.45) is 0. The first-order valence-corrected chi connectivity index (χ1v) is 8.51. The fourth-order valence-electron chi connectivity index (χ4n) is 3.07. The van der Waals surface area contributed by atoms with Gasteiger partial charge in [-0.25, -0.2) is 0 Å². The zero-order valence-corrected chi connectivity index (χ0v) is 15.2. The lowest BCUT2D eigenvalue weighted by Gasteiger charge is -2.21. The molecular weight excluding hydrogens is 310 g/mol. The van der Waals surface area contributed by atoms with Gasteiger partial charge in [0.2, 0.25) is 0 Å². The molecule has 0 N–H and O–H groups in total. The van der Waals surface area contributed by atoms with E-state index in [0.29, 0.717) is 12.2 Å². The molecule has 0 aliphatic rings. The van der Waals surface area contributed by atoms with Crippen molar-refractivity contribution in [1.82, 2.24) is 9.78 Å². The van der Waals surface area contributed by atoms with Crippen molar-refractivity contribution >= 4 is 11.6 Å². The van der Waals surface area contributed by atoms with Crippen LogP contribution in [0, 0.1) is 13.8 Å². The number of anilines is 1. The third-order valence-electron chi connectivity index (χ3n) is 4.58. The van der Waals surface area contributed by atoms with Gasteiger partial charge < -0.3 is 4.90 Å². The van der Waals surface area contributed by atoms with Crippen LogP contribution in [-0.4, -0.2) is 22.7 Å². The number of nitrogens with zero attached hydrogens (tertiary/aromatic N) is 3. The Labute approximate surface area is 148 Å². The van der Waals surface area contributed by atoms with Crippen LogP contribution >= 0.6 is 0 Å². The van der Waals surface area contributed by atoms with Crippen LogP contribution in [-0.2, 0) is 6.54 Å². The van der Waals surface area contributed by atoms with Crippen molar-refractivity contribution in [1.29, 1.82) is 0 Å². The van der Waals surface area contributed by atoms with Gasteiger partial charge in [0.15, 0.2) is 0 Å². The van der Waals surface area contributed by atoms with Gasteiger partial charge >= 0.3 is 0 Å². The maximum Gasteiger partial charge on any atom is 0.276 e. The molecule has 2 aromatic carbocycles. The van der Waals surface area contributed by atoms with E-state index in [4.69, 9.17) is 0 Å². The van der Waals surface area contributed by atoms with E-state index in [1.807, 2.05) is 70.3 Å². The van der Waals surface area contributed by atoms with Crippen molar-refractivity contribution in [2.45, 2.75) is 27.3 Å². The molecule has 3 rings (SSSR count). The van der Waals surface area contributed by atoms with E-state index >= 15 is 0 Å². The maximum atomic E-state index is 13.2. The summed E-state index contributed by atoms with van der Waals surface area (Å²) in [6, 6.07) is 18.1. The van der Waals surface area contributed by atoms with Crippen molar-refractivity contribution in [3.63, 3.8) is 0 Å². The number of para-hydroxylation sites is 1. The summed E-state index contributed by atoms with van der Waals surface area (Å²) in [6.45, 7) is 6.57. The molecule has 1 amide bonds. The average Bonchev–Trinajstić information content (AvgIpc) is 2.95. The molecule has 4 heteroatoms. The fourth-order valence-corrected chi connectivity index (χ4v) is 3.07. The summed E-state index contributed by atoms with van der Waals surface area (Å²) in [5.41, 5.74) is 5.52. The summed E-state index contributed by atoms with van der Waals surface area (Å²) in [4.78, 5) is 14.9. The van der Waals surface area contributed by atoms with Crippen molar-refractivity contribution in [3.05, 3.63) is 71.5 Å². The number of aromatic nitrogens is 2. The van der Waals surface area contributed by atoms with Crippen LogP contribution in [0.25, 0.3) is 11.1 Å². The molecule has 0 aliphatic heterocycles. The number of carbonyl (C=O) groups excluding carboxylic acids is 1. The minimum absolute atomic E-state index is 0.0386. The highest BCUT2D eigenvalue weighted by Gasteiger charge is 2.23. The van der Waals surface area contributed by atoms with Crippen LogP contribution in [0.2, 0.25) is 0 Å². The topological polar surface area (TPSA) is 38.1 Å². The predicted octanol–water partition coefficient (Wildman–Crippen LogP) is 4.46. The van der Waals surface area contributed by atoms with E-state index in [1.165, 1.54) is 0 Å². The number of amides is 1. The van der Waals surface area contributed by atoms with Crippen molar-refractivity contribution in [3.8, 4) is 11.1 Å². The van der Waals surface area contributed by atoms with E-state index < -0.39 is 0 Å². The van der Waals surface area contributed by atoms with E-state index in [2.05, 4.69) is 17.2 Å². The number of rotatable bonds is 4. The molecule has 4 nitrogen and oxygen atoms in total. The Morgan fingerprint density at radius 3 is 2.36 bits per heavy atom. The summed E-state index contributed by atoms with van der Waals surface area (Å²) >= 11 is 0. The molecule has 1 aromatic heterocycles. The second-order valence-electron chi connectivity index (χ2n) is 6.12. The lowest BCUT2D eigenvalue weighted by molar-refractivity contribution is 0.0982. The average molecular weight is 333 g/mol. The largest absolute Gasteiger partial charge is 0.309 e. The van der Waals surface area contributed by atoms with Crippen molar-refractivity contribution in [2.24, 2.45) is 0 Å². The maximum absolute atomic E-state index is 13.2. The van der Waals surface area contributed by atoms with Gasteiger partial charge in [0, 0.05) is 24.7 Å². The molecule has 0 aliphatic carbocycles. The smallest absolute Gasteiger partial charge is 0.276 e. The summed E-state index contributed by atoms with van der Waals surface area (Å²) in [7, 11) is 1.83. The Kier molecular flexibility index (Phi) is 4.70. The Bertz CT molecular complexity index is 897. The van der Waals surface area contributed by atoms with Crippen LogP contribution in [0.1, 0.15) is 28.7 Å². The molecule has 25 heavy (non-hydrogen) atoms. The van der Waals surface area contributed by atoms with Gasteiger partial charge in [-0.05, 0) is 32.4 Å². The molecule has 0 spiro atoms. The molecule has 0 bridgehead atoms. The van der Waals surface area contributed by atoms with Gasteiger partial charge in [-0.1, -0.05) is 48.5 Å². The quantitative estimate of drug-likeness (QED) is 0.707. The summed E-state index contributed by atoms with van der Waals surface area (Å²) in [5, 5.41) is 4.48. The molecule has 3 aromatic rings. The monoisotopic (exact) mass is 333 g/mol. The molecule has 128 valence electrons. The number of hydrogen-bond acceptors (Lipinski definition) is 2. The highest BCUT2D eigenvalue weighted by Crippen LogP contribution is 2.31. The van der Waals surface area contributed by atoms with Gasteiger partial charge in [-0.3, -0.25) is 9.48 Å². The molecule has 0 saturated carbocycles. The Morgan fingerprint density at radius 1 is 1.04 bits per heavy atom. The van der Waals surface area contributed by atoms with Crippen molar-refractivity contribution < 1.29 is 4.79 Å². The number of carbonyl (C=O) groups is 1. The second kappa shape index (κ2) is 6.93. The van der Waals surface area contributed by atoms with Crippen LogP contribution in [0.4, 0.5) is 5.69 Å². The number of hydrogen-bond donors (Lipinski definition) is 0. The first-order valence-electron chi connectivity index (χ1n) is 8.51. The summed E-state index contributed by atoms with van der Waals surface area (Å²) < 4.78 is 1.79. The Balaban J connectivity index is 2.05. The van der Waals surface area contributed by atoms with Gasteiger partial charge in [0.25, 0.3) is 5.91 Å². The van der Waals surface area contributed by atoms with E-state index in [-0.39, 0.29) is 5.91 Å². The predicted molar refractivity (Wildman–Crippen MR) is 102 cm³/mol. The molecule has 1 heterocycles. The normalized spacial score (nSPS) is 10.7. The molecule has 0 unspecified atom stereocenters. The lowest BCUT2D eigenvalue weighted by Crippen LogP contribution is -2.29. The Morgan fingerprint density at radius 2 is 1.68 bits per heavy atom. The van der Waals surface area contributed by atoms with Crippen LogP contribution in [0.5, 0.6) is 0 Å². The second-order valence-corrected chi connectivity index (χ2v) is 6.12. The van der Waals surface area contributed by atoms with Gasteiger partial charge in [-0.15, -0.1) is 0 Å². The molecular formula is C21H23N3O. The van der Waals surface area contributed by atoms with Gasteiger partial charge in [0.1, 0.15) is 5.69 Å². The van der Waals surface area contributed by atoms with Crippen LogP contribution < -0.4 is 4.90 Å². The zero-order chi connectivity index (χ0) is 18.0. The highest BCUT2D eigenvalue weighted by atomic mass is 16.2. The highest BCUT2D eigenvalue weighted by molar-refractivity contribution is 6.07. The molecule has 0 fully saturated rings. The van der Waals surface area contributed by atoms with Crippen molar-refractivity contribution in [2.75, 3.05) is 11.9 Å². The first kappa shape index (κ1) is 17.0. The summed E-state index contributed by atoms with van der Waals surface area (Å²) in [5.74, 6) is -0.0386. The van der Waals surface area contributed by atoms with Crippen LogP contribution in [0.3, 0.4) is 0 Å². The molecule has 0 radical (unpaired) electrons. The number of benzene rings is 2. The SMILES string of the molecule is CCn1nc(C)c(C)c1C(=O)N(C)c1ccccc1-c1ccccc1. The standard InChI is InChI=1S/C21H23N3O/c1-5-24-20(15(2)16(3)22-24)21(25)23(4)19-14-10-9-13-18(19)17-11-7-6-8-12-17/h6-14H,5H2,1-4H3. The van der Waals surface area contributed by atoms with E-state index in [9.17, 15) is 4.79 Å². The fraction of sp³-hybridized carbons (Fsp3) is 0.238. The zero-order valence-electron chi connectivity index (χ0n) is 15.2. The van der Waals surface area contributed by atoms with E-state index in [1.54, 1.807) is 9.58 Å². The van der Waals surface area contributed by atoms with Gasteiger partial charge in [-0.2, -0.15) is 5.10 Å². The molecule has 0 saturated heterocycles. The Hall–Kier alpha value is -2.88. The first-order chi connectivity index (χ1) is 12.0. The van der Waals surface area contributed by atoms with Gasteiger partial charge in [0.05, 0.1) is 11.4 Å². The minimum Gasteiger partial charge on any atom is -0.309 e. The lowest BCUT2D eigenvalue weighted by atomic mass is 10.0. The van der Waals surface area contributed by atoms with Crippen LogP contribution in [0.15, 0.2) is 54.6 Å². The minimum atomic E-state index is -0.0386. The third kappa shape index (κ3) is 3.07. The third-order valence-corrected chi connectivity index (χ3v) is 4.58. The number of aryl methyl sites for hydroxylation is 2. The van der Waals surface area contributed by atoms with E-state index in [0.717, 1.165) is 28.1 Å². The molecule has 0 atom stereocenters.